The minimum Gasteiger partial charge on any atom is -0.508 e. The predicted molar refractivity (Wildman–Crippen MR) is 122 cm³/mol. The van der Waals surface area contributed by atoms with Crippen LogP contribution in [0.2, 0.25) is 0 Å². The van der Waals surface area contributed by atoms with Crippen molar-refractivity contribution in [3.63, 3.8) is 0 Å². The molecule has 0 spiro atoms. The van der Waals surface area contributed by atoms with Crippen LogP contribution in [0.1, 0.15) is 18.1 Å². The van der Waals surface area contributed by atoms with Gasteiger partial charge in [-0.25, -0.2) is 8.78 Å². The lowest BCUT2D eigenvalue weighted by molar-refractivity contribution is -0.0818. The van der Waals surface area contributed by atoms with E-state index in [4.69, 9.17) is 9.84 Å². The summed E-state index contributed by atoms with van der Waals surface area (Å²) in [5, 5.41) is 18.0. The molecular weight excluding hydrogens is 433 g/mol. The molecule has 0 aliphatic carbocycles. The van der Waals surface area contributed by atoms with Crippen molar-refractivity contribution in [3.05, 3.63) is 59.7 Å². The molecule has 0 saturated carbocycles. The number of aromatic hydroxyl groups is 1. The summed E-state index contributed by atoms with van der Waals surface area (Å²) in [6.45, 7) is 3.89. The van der Waals surface area contributed by atoms with E-state index < -0.39 is 19.1 Å². The summed E-state index contributed by atoms with van der Waals surface area (Å²) in [4.78, 5) is 3.88. The third-order valence-corrected chi connectivity index (χ3v) is 6.04. The molecule has 1 atom stereocenters. The standard InChI is InChI=1S/C13H17F2NO2.C12H16FNO/c1-9-4-11-5-12(18)3-2-10(11)6-16(9)7-13(14,15)8-17;13-8-11-9-14(10-11)6-7-15-12-4-2-1-3-5-12/h2-3,5,9,17-18H,4,6-8H2,1H3;1-5,11H,6-10H2. The van der Waals surface area contributed by atoms with Crippen LogP contribution in [0.3, 0.4) is 0 Å². The average Bonchev–Trinajstić information content (AvgIpc) is 2.77. The largest absolute Gasteiger partial charge is 0.508 e. The third kappa shape index (κ3) is 7.62. The summed E-state index contributed by atoms with van der Waals surface area (Å²) in [7, 11) is 0. The Kier molecular flexibility index (Phi) is 9.00. The predicted octanol–water partition coefficient (Wildman–Crippen LogP) is 3.73. The molecule has 5 nitrogen and oxygen atoms in total. The van der Waals surface area contributed by atoms with Gasteiger partial charge in [0.25, 0.3) is 5.92 Å². The maximum Gasteiger partial charge on any atom is 0.283 e. The molecule has 2 aromatic rings. The van der Waals surface area contributed by atoms with Crippen LogP contribution >= 0.6 is 0 Å². The SMILES string of the molecule is CC1Cc2cc(O)ccc2CN1CC(F)(F)CO.FCC1CN(CCOc2ccccc2)C1. The number of phenols is 1. The van der Waals surface area contributed by atoms with E-state index in [2.05, 4.69) is 4.90 Å². The zero-order valence-electron chi connectivity index (χ0n) is 19.0. The van der Waals surface area contributed by atoms with E-state index in [1.165, 1.54) is 0 Å². The van der Waals surface area contributed by atoms with Gasteiger partial charge in [-0.3, -0.25) is 14.2 Å². The highest BCUT2D eigenvalue weighted by molar-refractivity contribution is 5.36. The van der Waals surface area contributed by atoms with Gasteiger partial charge in [-0.05, 0) is 48.7 Å². The van der Waals surface area contributed by atoms with Crippen LogP contribution in [0.15, 0.2) is 48.5 Å². The summed E-state index contributed by atoms with van der Waals surface area (Å²) in [5.74, 6) is -1.69. The fourth-order valence-corrected chi connectivity index (χ4v) is 4.10. The molecule has 4 rings (SSSR count). The Morgan fingerprint density at radius 3 is 2.48 bits per heavy atom. The minimum absolute atomic E-state index is 0.0308. The van der Waals surface area contributed by atoms with Crippen LogP contribution in [0.5, 0.6) is 11.5 Å². The van der Waals surface area contributed by atoms with Crippen LogP contribution in [0, 0.1) is 5.92 Å². The Hall–Kier alpha value is -2.29. The second kappa shape index (κ2) is 11.7. The number of para-hydroxylation sites is 1. The second-order valence-electron chi connectivity index (χ2n) is 8.87. The molecule has 0 bridgehead atoms. The van der Waals surface area contributed by atoms with Crippen LogP contribution < -0.4 is 4.74 Å². The van der Waals surface area contributed by atoms with Crippen molar-refractivity contribution in [2.75, 3.05) is 46.1 Å². The number of aliphatic hydroxyl groups is 1. The first-order valence-electron chi connectivity index (χ1n) is 11.3. The number of hydrogen-bond acceptors (Lipinski definition) is 5. The molecule has 0 amide bonds. The van der Waals surface area contributed by atoms with Gasteiger partial charge in [0, 0.05) is 38.1 Å². The van der Waals surface area contributed by atoms with Crippen molar-refractivity contribution >= 4 is 0 Å². The van der Waals surface area contributed by atoms with Gasteiger partial charge in [0.05, 0.1) is 13.2 Å². The van der Waals surface area contributed by atoms with E-state index in [1.54, 1.807) is 23.1 Å². The highest BCUT2D eigenvalue weighted by Gasteiger charge is 2.34. The van der Waals surface area contributed by atoms with Crippen molar-refractivity contribution < 1.29 is 28.1 Å². The Balaban J connectivity index is 0.000000189. The second-order valence-corrected chi connectivity index (χ2v) is 8.87. The molecule has 1 fully saturated rings. The molecule has 0 aromatic heterocycles. The number of rotatable bonds is 8. The lowest BCUT2D eigenvalue weighted by Crippen LogP contribution is -2.49. The van der Waals surface area contributed by atoms with Gasteiger partial charge in [-0.15, -0.1) is 0 Å². The van der Waals surface area contributed by atoms with Gasteiger partial charge in [0.1, 0.15) is 24.7 Å². The maximum atomic E-state index is 13.2. The summed E-state index contributed by atoms with van der Waals surface area (Å²) in [6, 6.07) is 14.8. The summed E-state index contributed by atoms with van der Waals surface area (Å²) >= 11 is 0. The normalized spacial score (nSPS) is 19.2. The fourth-order valence-electron chi connectivity index (χ4n) is 4.10. The topological polar surface area (TPSA) is 56.2 Å². The number of phenolic OH excluding ortho intramolecular Hbond substituents is 1. The van der Waals surface area contributed by atoms with Crippen LogP contribution in [0.25, 0.3) is 0 Å². The Morgan fingerprint density at radius 2 is 1.82 bits per heavy atom. The number of benzene rings is 2. The Bertz CT molecular complexity index is 863. The van der Waals surface area contributed by atoms with Gasteiger partial charge >= 0.3 is 0 Å². The van der Waals surface area contributed by atoms with Gasteiger partial charge in [0.2, 0.25) is 0 Å². The molecule has 1 unspecified atom stereocenters. The van der Waals surface area contributed by atoms with Gasteiger partial charge < -0.3 is 14.9 Å². The molecule has 33 heavy (non-hydrogen) atoms. The van der Waals surface area contributed by atoms with Gasteiger partial charge in [-0.2, -0.15) is 0 Å². The number of hydrogen-bond donors (Lipinski definition) is 2. The lowest BCUT2D eigenvalue weighted by Gasteiger charge is -2.37. The van der Waals surface area contributed by atoms with Crippen LogP contribution in [-0.2, 0) is 13.0 Å². The highest BCUT2D eigenvalue weighted by atomic mass is 19.3. The average molecular weight is 467 g/mol. The molecule has 2 heterocycles. The minimum atomic E-state index is -3.07. The van der Waals surface area contributed by atoms with Gasteiger partial charge in [-0.1, -0.05) is 24.3 Å². The third-order valence-electron chi connectivity index (χ3n) is 6.04. The van der Waals surface area contributed by atoms with E-state index in [9.17, 15) is 18.3 Å². The zero-order valence-corrected chi connectivity index (χ0v) is 19.0. The number of likely N-dealkylation sites (tertiary alicyclic amines) is 1. The monoisotopic (exact) mass is 466 g/mol. The zero-order chi connectivity index (χ0) is 23.8. The van der Waals surface area contributed by atoms with Crippen molar-refractivity contribution in [1.29, 1.82) is 0 Å². The van der Waals surface area contributed by atoms with E-state index >= 15 is 0 Å². The Labute approximate surface area is 193 Å². The molecule has 1 saturated heterocycles. The number of ether oxygens (including phenoxy) is 1. The van der Waals surface area contributed by atoms with E-state index in [-0.39, 0.29) is 24.4 Å². The van der Waals surface area contributed by atoms with Crippen molar-refractivity contribution in [2.24, 2.45) is 5.92 Å². The number of alkyl halides is 3. The van der Waals surface area contributed by atoms with E-state index in [0.29, 0.717) is 19.6 Å². The summed E-state index contributed by atoms with van der Waals surface area (Å²) in [5.41, 5.74) is 1.96. The highest BCUT2D eigenvalue weighted by Crippen LogP contribution is 2.28. The molecular formula is C25H33F3N2O3. The number of aliphatic hydroxyl groups excluding tert-OH is 1. The molecule has 0 radical (unpaired) electrons. The van der Waals surface area contributed by atoms with E-state index in [1.807, 2.05) is 37.3 Å². The molecule has 2 N–H and O–H groups in total. The van der Waals surface area contributed by atoms with E-state index in [0.717, 1.165) is 36.5 Å². The molecule has 2 aromatic carbocycles. The number of halogens is 3. The molecule has 2 aliphatic rings. The fraction of sp³-hybridized carbons (Fsp3) is 0.520. The molecule has 2 aliphatic heterocycles. The summed E-state index contributed by atoms with van der Waals surface area (Å²) in [6.07, 6.45) is 0.630. The maximum absolute atomic E-state index is 13.2. The number of nitrogens with zero attached hydrogens (tertiary/aromatic N) is 2. The number of fused-ring (bicyclic) bond motifs is 1. The smallest absolute Gasteiger partial charge is 0.283 e. The lowest BCUT2D eigenvalue weighted by atomic mass is 9.94. The molecule has 182 valence electrons. The quantitative estimate of drug-likeness (QED) is 0.621. The van der Waals surface area contributed by atoms with Crippen LogP contribution in [0.4, 0.5) is 13.2 Å². The molecule has 8 heteroatoms. The van der Waals surface area contributed by atoms with Crippen molar-refractivity contribution in [1.82, 2.24) is 9.80 Å². The van der Waals surface area contributed by atoms with Gasteiger partial charge in [0.15, 0.2) is 0 Å². The first-order valence-corrected chi connectivity index (χ1v) is 11.3. The summed E-state index contributed by atoms with van der Waals surface area (Å²) < 4.78 is 44.1. The van der Waals surface area contributed by atoms with Crippen molar-refractivity contribution in [2.45, 2.75) is 31.9 Å². The first kappa shape index (κ1) is 25.3. The Morgan fingerprint density at radius 1 is 1.09 bits per heavy atom. The van der Waals surface area contributed by atoms with Crippen molar-refractivity contribution in [3.8, 4) is 11.5 Å². The van der Waals surface area contributed by atoms with Crippen LogP contribution in [-0.4, -0.2) is 78.0 Å². The first-order chi connectivity index (χ1) is 15.8.